The molecule has 0 aromatic heterocycles. The van der Waals surface area contributed by atoms with Gasteiger partial charge in [-0.15, -0.1) is 0 Å². The summed E-state index contributed by atoms with van der Waals surface area (Å²) in [5.41, 5.74) is 1.06. The van der Waals surface area contributed by atoms with Crippen molar-refractivity contribution in [1.29, 1.82) is 0 Å². The molecule has 0 aliphatic carbocycles. The molecule has 0 radical (unpaired) electrons. The second-order valence-electron chi connectivity index (χ2n) is 5.37. The van der Waals surface area contributed by atoms with E-state index in [4.69, 9.17) is 0 Å². The van der Waals surface area contributed by atoms with E-state index in [1.807, 2.05) is 20.8 Å². The van der Waals surface area contributed by atoms with Crippen LogP contribution in [0.3, 0.4) is 0 Å². The van der Waals surface area contributed by atoms with E-state index < -0.39 is 15.4 Å². The van der Waals surface area contributed by atoms with E-state index in [-0.39, 0.29) is 12.3 Å². The van der Waals surface area contributed by atoms with E-state index >= 15 is 0 Å². The second kappa shape index (κ2) is 5.20. The molecule has 0 heterocycles. The topological polar surface area (TPSA) is 63.2 Å². The van der Waals surface area contributed by atoms with Crippen molar-refractivity contribution in [3.63, 3.8) is 0 Å². The Kier molecular flexibility index (Phi) is 4.29. The van der Waals surface area contributed by atoms with Crippen molar-refractivity contribution >= 4 is 15.8 Å². The summed E-state index contributed by atoms with van der Waals surface area (Å²) in [4.78, 5) is 12.0. The molecule has 0 fully saturated rings. The van der Waals surface area contributed by atoms with Gasteiger partial charge in [0, 0.05) is 17.5 Å². The Morgan fingerprint density at radius 3 is 2.06 bits per heavy atom. The first-order valence-corrected chi connectivity index (χ1v) is 7.57. The summed E-state index contributed by atoms with van der Waals surface area (Å²) in [7, 11) is -3.19. The fourth-order valence-corrected chi connectivity index (χ4v) is 1.85. The summed E-state index contributed by atoms with van der Waals surface area (Å²) in [6, 6.07) is 6.98. The molecular formula is C13H19NO3S. The number of carbonyl (C=O) groups is 1. The van der Waals surface area contributed by atoms with Gasteiger partial charge in [-0.05, 0) is 5.56 Å². The highest BCUT2D eigenvalue weighted by molar-refractivity contribution is 7.88. The van der Waals surface area contributed by atoms with Crippen molar-refractivity contribution in [2.75, 3.05) is 6.26 Å². The molecule has 4 nitrogen and oxygen atoms in total. The Morgan fingerprint density at radius 1 is 1.17 bits per heavy atom. The first-order valence-electron chi connectivity index (χ1n) is 5.68. The van der Waals surface area contributed by atoms with Crippen LogP contribution in [-0.2, 0) is 16.6 Å². The number of benzene rings is 1. The molecular weight excluding hydrogens is 250 g/mol. The molecule has 0 spiro atoms. The maximum atomic E-state index is 12.0. The molecule has 0 saturated carbocycles. The first-order chi connectivity index (χ1) is 8.09. The average molecular weight is 269 g/mol. The lowest BCUT2D eigenvalue weighted by molar-refractivity contribution is 0.0858. The number of hydrogen-bond acceptors (Lipinski definition) is 3. The van der Waals surface area contributed by atoms with Crippen molar-refractivity contribution in [2.24, 2.45) is 5.41 Å². The van der Waals surface area contributed by atoms with E-state index in [9.17, 15) is 13.2 Å². The van der Waals surface area contributed by atoms with Crippen LogP contribution in [0.2, 0.25) is 0 Å². The highest BCUT2D eigenvalue weighted by atomic mass is 32.2. The minimum atomic E-state index is -3.19. The lowest BCUT2D eigenvalue weighted by Gasteiger charge is -2.16. The van der Waals surface area contributed by atoms with Crippen LogP contribution in [0, 0.1) is 5.41 Å². The van der Waals surface area contributed by atoms with Gasteiger partial charge in [-0.25, -0.2) is 13.1 Å². The van der Waals surface area contributed by atoms with Crippen molar-refractivity contribution in [1.82, 2.24) is 4.72 Å². The summed E-state index contributed by atoms with van der Waals surface area (Å²) in [5, 5.41) is 0. The molecule has 0 saturated heterocycles. The maximum Gasteiger partial charge on any atom is 0.209 e. The molecule has 1 aromatic rings. The average Bonchev–Trinajstić information content (AvgIpc) is 2.24. The summed E-state index contributed by atoms with van der Waals surface area (Å²) in [6.45, 7) is 5.85. The van der Waals surface area contributed by atoms with Crippen LogP contribution in [0.25, 0.3) is 0 Å². The summed E-state index contributed by atoms with van der Waals surface area (Å²) in [6.07, 6.45) is 1.12. The van der Waals surface area contributed by atoms with Gasteiger partial charge >= 0.3 is 0 Å². The predicted molar refractivity (Wildman–Crippen MR) is 71.9 cm³/mol. The van der Waals surface area contributed by atoms with Gasteiger partial charge in [-0.1, -0.05) is 45.0 Å². The van der Waals surface area contributed by atoms with Crippen molar-refractivity contribution in [2.45, 2.75) is 27.3 Å². The molecule has 1 N–H and O–H groups in total. The minimum absolute atomic E-state index is 0.0742. The molecule has 0 unspecified atom stereocenters. The largest absolute Gasteiger partial charge is 0.294 e. The summed E-state index contributed by atoms with van der Waals surface area (Å²) >= 11 is 0. The van der Waals surface area contributed by atoms with E-state index in [0.717, 1.165) is 11.8 Å². The molecule has 0 bridgehead atoms. The number of sulfonamides is 1. The number of ketones is 1. The normalized spacial score (nSPS) is 12.4. The Morgan fingerprint density at radius 2 is 1.67 bits per heavy atom. The highest BCUT2D eigenvalue weighted by Gasteiger charge is 2.22. The fourth-order valence-electron chi connectivity index (χ4n) is 1.42. The Balaban J connectivity index is 2.78. The van der Waals surface area contributed by atoms with Gasteiger partial charge < -0.3 is 0 Å². The van der Waals surface area contributed by atoms with Crippen LogP contribution in [0.5, 0.6) is 0 Å². The number of Topliss-reactive ketones (excluding diaryl/α,β-unsaturated/α-hetero) is 1. The molecule has 0 amide bonds. The monoisotopic (exact) mass is 269 g/mol. The molecule has 0 aliphatic heterocycles. The van der Waals surface area contributed by atoms with Gasteiger partial charge in [-0.3, -0.25) is 4.79 Å². The second-order valence-corrected chi connectivity index (χ2v) is 7.20. The third-order valence-corrected chi connectivity index (χ3v) is 3.10. The molecule has 1 rings (SSSR count). The van der Waals surface area contributed by atoms with Crippen LogP contribution in [-0.4, -0.2) is 20.5 Å². The molecule has 0 atom stereocenters. The van der Waals surface area contributed by atoms with E-state index in [2.05, 4.69) is 4.72 Å². The number of carbonyl (C=O) groups excluding carboxylic acids is 1. The number of nitrogens with one attached hydrogen (secondary N) is 1. The lowest BCUT2D eigenvalue weighted by Crippen LogP contribution is -2.22. The molecule has 0 aliphatic rings. The molecule has 5 heteroatoms. The van der Waals surface area contributed by atoms with Gasteiger partial charge in [0.15, 0.2) is 5.78 Å². The predicted octanol–water partition coefficient (Wildman–Crippen LogP) is 1.96. The van der Waals surface area contributed by atoms with Crippen LogP contribution in [0.1, 0.15) is 36.7 Å². The molecule has 1 aromatic carbocycles. The zero-order chi connectivity index (χ0) is 14.0. The van der Waals surface area contributed by atoms with Crippen LogP contribution >= 0.6 is 0 Å². The zero-order valence-electron chi connectivity index (χ0n) is 11.1. The van der Waals surface area contributed by atoms with E-state index in [1.54, 1.807) is 24.3 Å². The van der Waals surface area contributed by atoms with Crippen molar-refractivity contribution < 1.29 is 13.2 Å². The van der Waals surface area contributed by atoms with Gasteiger partial charge in [0.05, 0.1) is 6.26 Å². The van der Waals surface area contributed by atoms with Gasteiger partial charge in [0.2, 0.25) is 10.0 Å². The molecule has 18 heavy (non-hydrogen) atoms. The van der Waals surface area contributed by atoms with E-state index in [0.29, 0.717) is 5.56 Å². The SMILES string of the molecule is CC(C)(C)C(=O)c1ccc(CNS(C)(=O)=O)cc1. The summed E-state index contributed by atoms with van der Waals surface area (Å²) < 4.78 is 24.3. The zero-order valence-corrected chi connectivity index (χ0v) is 12.0. The Hall–Kier alpha value is -1.20. The van der Waals surface area contributed by atoms with Crippen LogP contribution in [0.15, 0.2) is 24.3 Å². The van der Waals surface area contributed by atoms with Crippen molar-refractivity contribution in [3.05, 3.63) is 35.4 Å². The number of hydrogen-bond donors (Lipinski definition) is 1. The van der Waals surface area contributed by atoms with Crippen LogP contribution in [0.4, 0.5) is 0 Å². The summed E-state index contributed by atoms with van der Waals surface area (Å²) in [5.74, 6) is 0.0742. The smallest absolute Gasteiger partial charge is 0.209 e. The first kappa shape index (κ1) is 14.9. The van der Waals surface area contributed by atoms with E-state index in [1.165, 1.54) is 0 Å². The molecule has 100 valence electrons. The van der Waals surface area contributed by atoms with Gasteiger partial charge in [0.1, 0.15) is 0 Å². The Labute approximate surface area is 108 Å². The van der Waals surface area contributed by atoms with Gasteiger partial charge in [0.25, 0.3) is 0 Å². The maximum absolute atomic E-state index is 12.0. The Bertz CT molecular complexity index is 524. The lowest BCUT2D eigenvalue weighted by atomic mass is 9.86. The van der Waals surface area contributed by atoms with Gasteiger partial charge in [-0.2, -0.15) is 0 Å². The number of rotatable bonds is 4. The van der Waals surface area contributed by atoms with Crippen molar-refractivity contribution in [3.8, 4) is 0 Å². The third kappa shape index (κ3) is 4.58. The quantitative estimate of drug-likeness (QED) is 0.850. The standard InChI is InChI=1S/C13H19NO3S/c1-13(2,3)12(15)11-7-5-10(6-8-11)9-14-18(4,16)17/h5-8,14H,9H2,1-4H3. The third-order valence-electron chi connectivity index (χ3n) is 2.44. The van der Waals surface area contributed by atoms with Crippen LogP contribution < -0.4 is 4.72 Å². The highest BCUT2D eigenvalue weighted by Crippen LogP contribution is 2.20. The minimum Gasteiger partial charge on any atom is -0.294 e. The fraction of sp³-hybridized carbons (Fsp3) is 0.462.